The Morgan fingerprint density at radius 2 is 2.32 bits per heavy atom. The lowest BCUT2D eigenvalue weighted by Crippen LogP contribution is -2.06. The van der Waals surface area contributed by atoms with Crippen LogP contribution in [0, 0.1) is 0 Å². The summed E-state index contributed by atoms with van der Waals surface area (Å²) in [5.74, 6) is 0.530. The fourth-order valence-electron chi connectivity index (χ4n) is 1.93. The third kappa shape index (κ3) is 2.70. The van der Waals surface area contributed by atoms with E-state index in [1.807, 2.05) is 6.92 Å². The Bertz CT molecular complexity index is 715. The average molecular weight is 323 g/mol. The fraction of sp³-hybridized carbons (Fsp3) is 0.429. The molecule has 2 aromatic rings. The van der Waals surface area contributed by atoms with Crippen molar-refractivity contribution in [3.63, 3.8) is 0 Å². The van der Waals surface area contributed by atoms with Gasteiger partial charge in [0.15, 0.2) is 11.4 Å². The number of esters is 1. The number of ether oxygens (including phenoxy) is 1. The number of nitrogens with zero attached hydrogens (tertiary/aromatic N) is 3. The van der Waals surface area contributed by atoms with Crippen LogP contribution in [0.3, 0.4) is 0 Å². The van der Waals surface area contributed by atoms with Crippen molar-refractivity contribution in [3.05, 3.63) is 23.8 Å². The SMILES string of the molecule is CCSc1cc(-c2noc(C3(F)CC3)n2)cnc1C(=O)OC. The number of methoxy groups -OCH3 is 1. The molecule has 0 saturated heterocycles. The summed E-state index contributed by atoms with van der Waals surface area (Å²) in [6.07, 6.45) is 2.27. The van der Waals surface area contributed by atoms with E-state index in [1.165, 1.54) is 25.1 Å². The van der Waals surface area contributed by atoms with E-state index < -0.39 is 11.6 Å². The Morgan fingerprint density at radius 3 is 2.95 bits per heavy atom. The first kappa shape index (κ1) is 15.0. The molecule has 1 aliphatic rings. The normalized spacial score (nSPS) is 15.6. The van der Waals surface area contributed by atoms with Crippen LogP contribution >= 0.6 is 11.8 Å². The molecule has 6 nitrogen and oxygen atoms in total. The molecule has 0 aromatic carbocycles. The van der Waals surface area contributed by atoms with Gasteiger partial charge >= 0.3 is 5.97 Å². The number of halogens is 1. The van der Waals surface area contributed by atoms with Gasteiger partial charge in [-0.2, -0.15) is 4.98 Å². The van der Waals surface area contributed by atoms with Crippen molar-refractivity contribution >= 4 is 17.7 Å². The first-order valence-electron chi connectivity index (χ1n) is 6.82. The second kappa shape index (κ2) is 5.68. The van der Waals surface area contributed by atoms with Crippen LogP contribution in [0.15, 0.2) is 21.7 Å². The van der Waals surface area contributed by atoms with Crippen LogP contribution in [0.2, 0.25) is 0 Å². The number of hydrogen-bond donors (Lipinski definition) is 0. The van der Waals surface area contributed by atoms with Crippen molar-refractivity contribution in [2.45, 2.75) is 30.3 Å². The van der Waals surface area contributed by atoms with Gasteiger partial charge in [-0.25, -0.2) is 14.2 Å². The highest BCUT2D eigenvalue weighted by molar-refractivity contribution is 7.99. The molecular weight excluding hydrogens is 309 g/mol. The predicted octanol–water partition coefficient (Wildman–Crippen LogP) is 2.99. The topological polar surface area (TPSA) is 78.1 Å². The minimum atomic E-state index is -1.47. The lowest BCUT2D eigenvalue weighted by Gasteiger charge is -2.06. The Morgan fingerprint density at radius 1 is 1.55 bits per heavy atom. The fourth-order valence-corrected chi connectivity index (χ4v) is 2.72. The highest BCUT2D eigenvalue weighted by Crippen LogP contribution is 2.49. The van der Waals surface area contributed by atoms with Gasteiger partial charge in [0, 0.05) is 16.7 Å². The largest absolute Gasteiger partial charge is 0.464 e. The lowest BCUT2D eigenvalue weighted by molar-refractivity contribution is 0.0589. The van der Waals surface area contributed by atoms with Crippen molar-refractivity contribution in [2.75, 3.05) is 12.9 Å². The summed E-state index contributed by atoms with van der Waals surface area (Å²) in [6.45, 7) is 1.96. The summed E-state index contributed by atoms with van der Waals surface area (Å²) >= 11 is 1.46. The Labute approximate surface area is 130 Å². The molecule has 3 rings (SSSR count). The maximum atomic E-state index is 13.9. The number of alkyl halides is 1. The quantitative estimate of drug-likeness (QED) is 0.618. The van der Waals surface area contributed by atoms with Crippen LogP contribution in [0.25, 0.3) is 11.4 Å². The number of hydrogen-bond acceptors (Lipinski definition) is 7. The molecule has 1 fully saturated rings. The van der Waals surface area contributed by atoms with E-state index in [0.717, 1.165) is 5.75 Å². The van der Waals surface area contributed by atoms with Gasteiger partial charge in [0.25, 0.3) is 5.89 Å². The molecule has 0 aliphatic heterocycles. The summed E-state index contributed by atoms with van der Waals surface area (Å²) in [4.78, 5) is 20.6. The summed E-state index contributed by atoms with van der Waals surface area (Å²) < 4.78 is 23.6. The predicted molar refractivity (Wildman–Crippen MR) is 77.3 cm³/mol. The number of thioether (sulfide) groups is 1. The van der Waals surface area contributed by atoms with Crippen molar-refractivity contribution in [2.24, 2.45) is 0 Å². The first-order valence-corrected chi connectivity index (χ1v) is 7.80. The zero-order valence-corrected chi connectivity index (χ0v) is 12.9. The van der Waals surface area contributed by atoms with Crippen LogP contribution in [0.4, 0.5) is 4.39 Å². The van der Waals surface area contributed by atoms with Gasteiger partial charge in [-0.1, -0.05) is 12.1 Å². The van der Waals surface area contributed by atoms with E-state index in [-0.39, 0.29) is 17.4 Å². The van der Waals surface area contributed by atoms with Crippen molar-refractivity contribution < 1.29 is 18.4 Å². The Hall–Kier alpha value is -1.96. The summed E-state index contributed by atoms with van der Waals surface area (Å²) in [6, 6.07) is 1.74. The molecule has 116 valence electrons. The average Bonchev–Trinajstić information content (AvgIpc) is 3.08. The van der Waals surface area contributed by atoms with Gasteiger partial charge in [0.1, 0.15) is 0 Å². The van der Waals surface area contributed by atoms with E-state index >= 15 is 0 Å². The van der Waals surface area contributed by atoms with Crippen LogP contribution < -0.4 is 0 Å². The highest BCUT2D eigenvalue weighted by atomic mass is 32.2. The molecule has 1 saturated carbocycles. The summed E-state index contributed by atoms with van der Waals surface area (Å²) in [5.41, 5.74) is -0.653. The molecule has 0 bridgehead atoms. The summed E-state index contributed by atoms with van der Waals surface area (Å²) in [5, 5.41) is 3.80. The van der Waals surface area contributed by atoms with Crippen molar-refractivity contribution in [1.29, 1.82) is 0 Å². The molecule has 0 atom stereocenters. The summed E-state index contributed by atoms with van der Waals surface area (Å²) in [7, 11) is 1.31. The third-order valence-corrected chi connectivity index (χ3v) is 4.20. The zero-order chi connectivity index (χ0) is 15.7. The highest BCUT2D eigenvalue weighted by Gasteiger charge is 2.50. The second-order valence-corrected chi connectivity index (χ2v) is 6.19. The Balaban J connectivity index is 1.95. The maximum absolute atomic E-state index is 13.9. The smallest absolute Gasteiger partial charge is 0.357 e. The number of carbonyl (C=O) groups excluding carboxylic acids is 1. The van der Waals surface area contributed by atoms with Crippen LogP contribution in [0.5, 0.6) is 0 Å². The van der Waals surface area contributed by atoms with Crippen molar-refractivity contribution in [3.8, 4) is 11.4 Å². The Kier molecular flexibility index (Phi) is 3.86. The van der Waals surface area contributed by atoms with Crippen LogP contribution in [0.1, 0.15) is 36.1 Å². The van der Waals surface area contributed by atoms with Gasteiger partial charge in [-0.05, 0) is 24.7 Å². The van der Waals surface area contributed by atoms with E-state index in [1.54, 1.807) is 6.07 Å². The number of aromatic nitrogens is 3. The van der Waals surface area contributed by atoms with Gasteiger partial charge < -0.3 is 9.26 Å². The zero-order valence-electron chi connectivity index (χ0n) is 12.1. The molecule has 0 amide bonds. The van der Waals surface area contributed by atoms with Crippen LogP contribution in [-0.4, -0.2) is 34.0 Å². The molecule has 1 aliphatic carbocycles. The molecule has 2 heterocycles. The molecule has 0 radical (unpaired) electrons. The van der Waals surface area contributed by atoms with E-state index in [9.17, 15) is 9.18 Å². The van der Waals surface area contributed by atoms with Gasteiger partial charge in [-0.3, -0.25) is 0 Å². The van der Waals surface area contributed by atoms with Gasteiger partial charge in [-0.15, -0.1) is 11.8 Å². The molecule has 0 unspecified atom stereocenters. The standard InChI is InChI=1S/C14H14FN3O3S/c1-3-22-9-6-8(7-16-10(9)12(19)20-2)11-17-13(21-18-11)14(15)4-5-14/h6-7H,3-5H2,1-2H3. The maximum Gasteiger partial charge on any atom is 0.357 e. The molecule has 22 heavy (non-hydrogen) atoms. The number of rotatable bonds is 5. The van der Waals surface area contributed by atoms with Crippen molar-refractivity contribution in [1.82, 2.24) is 15.1 Å². The molecule has 0 N–H and O–H groups in total. The van der Waals surface area contributed by atoms with Gasteiger partial charge in [0.2, 0.25) is 5.82 Å². The van der Waals surface area contributed by atoms with E-state index in [0.29, 0.717) is 23.3 Å². The monoisotopic (exact) mass is 323 g/mol. The third-order valence-electron chi connectivity index (χ3n) is 3.29. The first-order chi connectivity index (χ1) is 10.6. The molecule has 0 spiro atoms. The van der Waals surface area contributed by atoms with Crippen LogP contribution in [-0.2, 0) is 10.4 Å². The molecule has 2 aromatic heterocycles. The molecule has 8 heteroatoms. The van der Waals surface area contributed by atoms with Gasteiger partial charge in [0.05, 0.1) is 7.11 Å². The number of pyridine rings is 1. The molecular formula is C14H14FN3O3S. The number of carbonyl (C=O) groups is 1. The minimum Gasteiger partial charge on any atom is -0.464 e. The minimum absolute atomic E-state index is 0.00393. The lowest BCUT2D eigenvalue weighted by atomic mass is 10.2. The van der Waals surface area contributed by atoms with E-state index in [2.05, 4.69) is 15.1 Å². The van der Waals surface area contributed by atoms with E-state index in [4.69, 9.17) is 9.26 Å². The second-order valence-electron chi connectivity index (χ2n) is 4.88.